The summed E-state index contributed by atoms with van der Waals surface area (Å²) in [5, 5.41) is 9.18. The molecule has 0 aromatic heterocycles. The molecule has 2 heterocycles. The third-order valence-electron chi connectivity index (χ3n) is 4.24. The number of nitriles is 1. The topological polar surface area (TPSA) is 56.6 Å². The molecule has 5 nitrogen and oxygen atoms in total. The molecule has 0 saturated carbocycles. The van der Waals surface area contributed by atoms with Gasteiger partial charge in [0.25, 0.3) is 0 Å². The molecular formula is C16H19N3O2. The Hall–Kier alpha value is -2.06. The molecule has 0 aliphatic carbocycles. The van der Waals surface area contributed by atoms with E-state index >= 15 is 0 Å². The van der Waals surface area contributed by atoms with E-state index in [1.54, 1.807) is 0 Å². The molecule has 2 saturated heterocycles. The van der Waals surface area contributed by atoms with Crippen molar-refractivity contribution in [2.75, 3.05) is 44.3 Å². The number of hydrogen-bond donors (Lipinski definition) is 0. The fourth-order valence-electron chi connectivity index (χ4n) is 3.00. The molecule has 1 atom stereocenters. The number of benzene rings is 1. The lowest BCUT2D eigenvalue weighted by Gasteiger charge is -2.37. The third-order valence-corrected chi connectivity index (χ3v) is 4.24. The fourth-order valence-corrected chi connectivity index (χ4v) is 3.00. The molecule has 0 spiro atoms. The van der Waals surface area contributed by atoms with Crippen LogP contribution in [0.1, 0.15) is 12.0 Å². The third kappa shape index (κ3) is 2.86. The summed E-state index contributed by atoms with van der Waals surface area (Å²) >= 11 is 0. The minimum Gasteiger partial charge on any atom is -0.381 e. The highest BCUT2D eigenvalue weighted by Gasteiger charge is 2.30. The lowest BCUT2D eigenvalue weighted by Crippen LogP contribution is -2.50. The molecule has 2 fully saturated rings. The second-order valence-electron chi connectivity index (χ2n) is 5.50. The molecule has 1 amide bonds. The van der Waals surface area contributed by atoms with Crippen LogP contribution in [0.3, 0.4) is 0 Å². The van der Waals surface area contributed by atoms with Crippen LogP contribution in [0.2, 0.25) is 0 Å². The molecule has 1 aromatic carbocycles. The summed E-state index contributed by atoms with van der Waals surface area (Å²) in [5.41, 5.74) is 1.66. The van der Waals surface area contributed by atoms with Crippen molar-refractivity contribution in [1.29, 1.82) is 5.26 Å². The van der Waals surface area contributed by atoms with Gasteiger partial charge in [0.05, 0.1) is 23.8 Å². The van der Waals surface area contributed by atoms with E-state index < -0.39 is 0 Å². The molecule has 3 rings (SSSR count). The number of para-hydroxylation sites is 1. The number of nitrogens with zero attached hydrogens (tertiary/aromatic N) is 3. The van der Waals surface area contributed by atoms with E-state index in [4.69, 9.17) is 4.74 Å². The Kier molecular flexibility index (Phi) is 4.07. The van der Waals surface area contributed by atoms with E-state index in [1.165, 1.54) is 0 Å². The van der Waals surface area contributed by atoms with Gasteiger partial charge in [-0.1, -0.05) is 12.1 Å². The van der Waals surface area contributed by atoms with Gasteiger partial charge in [-0.25, -0.2) is 0 Å². The monoisotopic (exact) mass is 285 g/mol. The molecule has 0 N–H and O–H groups in total. The van der Waals surface area contributed by atoms with Gasteiger partial charge in [-0.05, 0) is 18.6 Å². The summed E-state index contributed by atoms with van der Waals surface area (Å²) < 4.78 is 5.30. The summed E-state index contributed by atoms with van der Waals surface area (Å²) in [7, 11) is 0. The number of carbonyl (C=O) groups is 1. The normalized spacial score (nSPS) is 22.1. The highest BCUT2D eigenvalue weighted by Crippen LogP contribution is 2.22. The van der Waals surface area contributed by atoms with E-state index in [9.17, 15) is 10.1 Å². The lowest BCUT2D eigenvalue weighted by molar-refractivity contribution is -0.135. The van der Waals surface area contributed by atoms with Crippen LogP contribution < -0.4 is 4.90 Å². The van der Waals surface area contributed by atoms with E-state index in [2.05, 4.69) is 11.0 Å². The number of anilines is 1. The first-order valence-electron chi connectivity index (χ1n) is 7.40. The molecule has 21 heavy (non-hydrogen) atoms. The summed E-state index contributed by atoms with van der Waals surface area (Å²) in [4.78, 5) is 16.5. The molecule has 0 bridgehead atoms. The van der Waals surface area contributed by atoms with Gasteiger partial charge in [-0.15, -0.1) is 0 Å². The van der Waals surface area contributed by atoms with Gasteiger partial charge in [-0.2, -0.15) is 5.26 Å². The van der Waals surface area contributed by atoms with E-state index in [0.717, 1.165) is 38.3 Å². The number of rotatable bonds is 2. The second kappa shape index (κ2) is 6.15. The van der Waals surface area contributed by atoms with Crippen molar-refractivity contribution in [1.82, 2.24) is 4.90 Å². The zero-order chi connectivity index (χ0) is 14.7. The Morgan fingerprint density at radius 3 is 2.67 bits per heavy atom. The van der Waals surface area contributed by atoms with Crippen LogP contribution in [0.25, 0.3) is 0 Å². The van der Waals surface area contributed by atoms with E-state index in [0.29, 0.717) is 18.8 Å². The van der Waals surface area contributed by atoms with Crippen molar-refractivity contribution < 1.29 is 9.53 Å². The van der Waals surface area contributed by atoms with Crippen molar-refractivity contribution in [3.05, 3.63) is 29.8 Å². The zero-order valence-corrected chi connectivity index (χ0v) is 12.0. The fraction of sp³-hybridized carbons (Fsp3) is 0.500. The van der Waals surface area contributed by atoms with Gasteiger partial charge in [0.1, 0.15) is 6.07 Å². The summed E-state index contributed by atoms with van der Waals surface area (Å²) in [6.07, 6.45) is 0.844. The number of amides is 1. The Labute approximate surface area is 124 Å². The van der Waals surface area contributed by atoms with Crippen LogP contribution in [-0.2, 0) is 9.53 Å². The Morgan fingerprint density at radius 2 is 2.00 bits per heavy atom. The number of carbonyl (C=O) groups excluding carboxylic acids is 1. The summed E-state index contributed by atoms with van der Waals surface area (Å²) in [5.74, 6) is 0.267. The molecule has 1 unspecified atom stereocenters. The van der Waals surface area contributed by atoms with Gasteiger partial charge in [-0.3, -0.25) is 4.79 Å². The molecule has 1 aromatic rings. The molecular weight excluding hydrogens is 266 g/mol. The summed E-state index contributed by atoms with van der Waals surface area (Å²) in [6, 6.07) is 9.87. The van der Waals surface area contributed by atoms with Gasteiger partial charge in [0.2, 0.25) is 5.91 Å². The standard InChI is InChI=1S/C16H19N3O2/c17-11-13-3-1-2-4-15(13)18-6-8-19(9-7-18)16(20)14-5-10-21-12-14/h1-4,14H,5-10,12H2. The average molecular weight is 285 g/mol. The SMILES string of the molecule is N#Cc1ccccc1N1CCN(C(=O)C2CCOC2)CC1. The van der Waals surface area contributed by atoms with E-state index in [-0.39, 0.29) is 11.8 Å². The summed E-state index contributed by atoms with van der Waals surface area (Å²) in [6.45, 7) is 4.25. The number of hydrogen-bond acceptors (Lipinski definition) is 4. The molecule has 0 radical (unpaired) electrons. The predicted octanol–water partition coefficient (Wildman–Crippen LogP) is 1.24. The van der Waals surface area contributed by atoms with Gasteiger partial charge in [0, 0.05) is 32.8 Å². The quantitative estimate of drug-likeness (QED) is 0.820. The van der Waals surface area contributed by atoms with Crippen LogP contribution in [-0.4, -0.2) is 50.2 Å². The molecule has 110 valence electrons. The first-order valence-corrected chi connectivity index (χ1v) is 7.40. The Balaban J connectivity index is 1.62. The van der Waals surface area contributed by atoms with Crippen LogP contribution in [0, 0.1) is 17.2 Å². The maximum atomic E-state index is 12.3. The van der Waals surface area contributed by atoms with Gasteiger partial charge in [0.15, 0.2) is 0 Å². The highest BCUT2D eigenvalue weighted by atomic mass is 16.5. The van der Waals surface area contributed by atoms with Crippen LogP contribution >= 0.6 is 0 Å². The van der Waals surface area contributed by atoms with Crippen molar-refractivity contribution >= 4 is 11.6 Å². The minimum absolute atomic E-state index is 0.0444. The highest BCUT2D eigenvalue weighted by molar-refractivity contribution is 5.79. The zero-order valence-electron chi connectivity index (χ0n) is 12.0. The van der Waals surface area contributed by atoms with Crippen molar-refractivity contribution in [2.24, 2.45) is 5.92 Å². The average Bonchev–Trinajstić information content (AvgIpc) is 3.09. The predicted molar refractivity (Wildman–Crippen MR) is 78.9 cm³/mol. The molecule has 5 heteroatoms. The first kappa shape index (κ1) is 13.9. The van der Waals surface area contributed by atoms with Crippen molar-refractivity contribution in [2.45, 2.75) is 6.42 Å². The molecule has 2 aliphatic heterocycles. The first-order chi connectivity index (χ1) is 10.3. The van der Waals surface area contributed by atoms with Crippen molar-refractivity contribution in [3.8, 4) is 6.07 Å². The molecule has 2 aliphatic rings. The smallest absolute Gasteiger partial charge is 0.228 e. The van der Waals surface area contributed by atoms with Crippen LogP contribution in [0.15, 0.2) is 24.3 Å². The maximum absolute atomic E-state index is 12.3. The minimum atomic E-state index is 0.0444. The maximum Gasteiger partial charge on any atom is 0.228 e. The second-order valence-corrected chi connectivity index (χ2v) is 5.50. The largest absolute Gasteiger partial charge is 0.381 e. The van der Waals surface area contributed by atoms with Crippen LogP contribution in [0.5, 0.6) is 0 Å². The van der Waals surface area contributed by atoms with Gasteiger partial charge < -0.3 is 14.5 Å². The van der Waals surface area contributed by atoms with Crippen LogP contribution in [0.4, 0.5) is 5.69 Å². The van der Waals surface area contributed by atoms with Gasteiger partial charge >= 0.3 is 0 Å². The number of ether oxygens (including phenoxy) is 1. The number of piperazine rings is 1. The Morgan fingerprint density at radius 1 is 1.24 bits per heavy atom. The van der Waals surface area contributed by atoms with E-state index in [1.807, 2.05) is 29.2 Å². The lowest BCUT2D eigenvalue weighted by atomic mass is 10.1. The van der Waals surface area contributed by atoms with Crippen molar-refractivity contribution in [3.63, 3.8) is 0 Å². The Bertz CT molecular complexity index is 553.